The van der Waals surface area contributed by atoms with Gasteiger partial charge in [-0.25, -0.2) is 0 Å². The van der Waals surface area contributed by atoms with Gasteiger partial charge in [-0.1, -0.05) is 50.5 Å². The van der Waals surface area contributed by atoms with Crippen LogP contribution in [0.4, 0.5) is 0 Å². The molecule has 1 saturated heterocycles. The third kappa shape index (κ3) is 4.80. The number of H-pyrrole nitrogens is 1. The third-order valence-electron chi connectivity index (χ3n) is 7.43. The minimum absolute atomic E-state index is 0.00286. The van der Waals surface area contributed by atoms with Crippen LogP contribution in [0.3, 0.4) is 0 Å². The van der Waals surface area contributed by atoms with Gasteiger partial charge in [-0.05, 0) is 74.9 Å². The van der Waals surface area contributed by atoms with Gasteiger partial charge in [0.25, 0.3) is 5.56 Å². The van der Waals surface area contributed by atoms with E-state index in [2.05, 4.69) is 55.8 Å². The molecule has 5 nitrogen and oxygen atoms in total. The van der Waals surface area contributed by atoms with Gasteiger partial charge in [-0.3, -0.25) is 15.1 Å². The quantitative estimate of drug-likeness (QED) is 0.288. The van der Waals surface area contributed by atoms with Crippen molar-refractivity contribution in [1.29, 1.82) is 5.41 Å². The van der Waals surface area contributed by atoms with Gasteiger partial charge in [0.05, 0.1) is 0 Å². The molecule has 0 spiro atoms. The van der Waals surface area contributed by atoms with Crippen molar-refractivity contribution in [3.8, 4) is 11.1 Å². The van der Waals surface area contributed by atoms with Gasteiger partial charge in [-0.2, -0.15) is 0 Å². The lowest BCUT2D eigenvalue weighted by Crippen LogP contribution is -2.46. The summed E-state index contributed by atoms with van der Waals surface area (Å²) in [7, 11) is 0. The maximum Gasteiger partial charge on any atom is 0.256 e. The van der Waals surface area contributed by atoms with Gasteiger partial charge < -0.3 is 10.7 Å². The van der Waals surface area contributed by atoms with Crippen LogP contribution in [0.2, 0.25) is 0 Å². The smallest absolute Gasteiger partial charge is 0.256 e. The van der Waals surface area contributed by atoms with E-state index in [0.29, 0.717) is 29.3 Å². The van der Waals surface area contributed by atoms with Crippen LogP contribution < -0.4 is 11.3 Å². The Hall–Kier alpha value is -2.92. The first-order valence-electron chi connectivity index (χ1n) is 12.7. The minimum Gasteiger partial charge on any atom is -0.384 e. The van der Waals surface area contributed by atoms with Crippen molar-refractivity contribution >= 4 is 16.7 Å². The van der Waals surface area contributed by atoms with E-state index in [4.69, 9.17) is 11.1 Å². The highest BCUT2D eigenvalue weighted by atomic mass is 16.1. The molecule has 3 aromatic rings. The Morgan fingerprint density at radius 3 is 2.59 bits per heavy atom. The summed E-state index contributed by atoms with van der Waals surface area (Å²) in [6.45, 7) is 9.11. The number of nitrogen functional groups attached to an aromatic ring is 1. The van der Waals surface area contributed by atoms with Crippen molar-refractivity contribution in [2.24, 2.45) is 5.73 Å². The van der Waals surface area contributed by atoms with E-state index in [1.54, 1.807) is 6.07 Å². The van der Waals surface area contributed by atoms with E-state index in [1.807, 2.05) is 18.2 Å². The molecule has 0 saturated carbocycles. The number of likely N-dealkylation sites (tertiary alicyclic amines) is 1. The molecule has 5 heteroatoms. The number of pyridine rings is 1. The highest BCUT2D eigenvalue weighted by Crippen LogP contribution is 2.39. The number of benzene rings is 2. The van der Waals surface area contributed by atoms with E-state index in [-0.39, 0.29) is 11.4 Å². The second-order valence-electron chi connectivity index (χ2n) is 10.1. The number of aromatic amines is 1. The number of piperidine rings is 1. The SMILES string of the molecule is CCCCC(c1cc(C)cc2[nH]c(=O)c(-c3cccc(C(=N)N)c3)cc12)N1C(C)CCCC1C. The lowest BCUT2D eigenvalue weighted by Gasteiger charge is -2.45. The Morgan fingerprint density at radius 1 is 1.18 bits per heavy atom. The zero-order chi connectivity index (χ0) is 24.4. The van der Waals surface area contributed by atoms with Crippen LogP contribution in [0.5, 0.6) is 0 Å². The van der Waals surface area contributed by atoms with Crippen molar-refractivity contribution < 1.29 is 0 Å². The second kappa shape index (κ2) is 10.1. The van der Waals surface area contributed by atoms with Crippen LogP contribution >= 0.6 is 0 Å². The molecular weight excluding hydrogens is 420 g/mol. The lowest BCUT2D eigenvalue weighted by atomic mass is 9.87. The molecule has 0 aliphatic carbocycles. The van der Waals surface area contributed by atoms with Gasteiger partial charge in [0, 0.05) is 40.2 Å². The third-order valence-corrected chi connectivity index (χ3v) is 7.43. The first-order chi connectivity index (χ1) is 16.3. The Kier molecular flexibility index (Phi) is 7.22. The van der Waals surface area contributed by atoms with Crippen molar-refractivity contribution in [3.63, 3.8) is 0 Å². The summed E-state index contributed by atoms with van der Waals surface area (Å²) in [5.41, 5.74) is 11.0. The van der Waals surface area contributed by atoms with E-state index in [1.165, 1.54) is 36.8 Å². The van der Waals surface area contributed by atoms with Crippen LogP contribution in [-0.4, -0.2) is 27.8 Å². The fourth-order valence-electron chi connectivity index (χ4n) is 5.75. The molecule has 2 aromatic carbocycles. The van der Waals surface area contributed by atoms with Crippen molar-refractivity contribution in [2.45, 2.75) is 84.3 Å². The number of hydrogen-bond donors (Lipinski definition) is 3. The summed E-state index contributed by atoms with van der Waals surface area (Å²) in [6, 6.07) is 15.3. The molecule has 4 N–H and O–H groups in total. The largest absolute Gasteiger partial charge is 0.384 e. The zero-order valence-electron chi connectivity index (χ0n) is 20.9. The number of hydrogen-bond acceptors (Lipinski definition) is 3. The normalized spacial score (nSPS) is 19.9. The van der Waals surface area contributed by atoms with Gasteiger partial charge in [-0.15, -0.1) is 0 Å². The Labute approximate surface area is 202 Å². The van der Waals surface area contributed by atoms with Crippen LogP contribution in [0.1, 0.15) is 82.0 Å². The van der Waals surface area contributed by atoms with E-state index >= 15 is 0 Å². The summed E-state index contributed by atoms with van der Waals surface area (Å²) >= 11 is 0. The highest BCUT2D eigenvalue weighted by Gasteiger charge is 2.32. The molecule has 1 aromatic heterocycles. The summed E-state index contributed by atoms with van der Waals surface area (Å²) in [5.74, 6) is 0.00286. The number of fused-ring (bicyclic) bond motifs is 1. The molecule has 3 atom stereocenters. The van der Waals surface area contributed by atoms with Crippen molar-refractivity contribution in [2.75, 3.05) is 0 Å². The average Bonchev–Trinajstić information content (AvgIpc) is 2.80. The monoisotopic (exact) mass is 458 g/mol. The number of nitrogens with zero attached hydrogens (tertiary/aromatic N) is 1. The van der Waals surface area contributed by atoms with Gasteiger partial charge >= 0.3 is 0 Å². The average molecular weight is 459 g/mol. The molecule has 4 rings (SSSR count). The van der Waals surface area contributed by atoms with E-state index in [0.717, 1.165) is 29.3 Å². The van der Waals surface area contributed by atoms with Crippen molar-refractivity contribution in [3.05, 3.63) is 69.5 Å². The highest BCUT2D eigenvalue weighted by molar-refractivity contribution is 5.96. The first-order valence-corrected chi connectivity index (χ1v) is 12.7. The van der Waals surface area contributed by atoms with E-state index < -0.39 is 0 Å². The van der Waals surface area contributed by atoms with Gasteiger partial charge in [0.15, 0.2) is 0 Å². The summed E-state index contributed by atoms with van der Waals surface area (Å²) in [6.07, 6.45) is 7.20. The number of aryl methyl sites for hydroxylation is 1. The molecule has 1 aliphatic heterocycles. The summed E-state index contributed by atoms with van der Waals surface area (Å²) < 4.78 is 0. The minimum atomic E-state index is -0.116. The Balaban J connectivity index is 1.92. The maximum atomic E-state index is 13.1. The summed E-state index contributed by atoms with van der Waals surface area (Å²) in [4.78, 5) is 19.0. The predicted octanol–water partition coefficient (Wildman–Crippen LogP) is 6.28. The number of unbranched alkanes of at least 4 members (excludes halogenated alkanes) is 1. The first kappa shape index (κ1) is 24.2. The maximum absolute atomic E-state index is 13.1. The standard InChI is InChI=1S/C29H38N4O/c1-5-6-13-27(33-19(3)9-7-10-20(33)4)25-14-18(2)15-26-24(25)17-23(29(34)32-26)21-11-8-12-22(16-21)28(30)31/h8,11-12,14-17,19-20,27H,5-7,9-10,13H2,1-4H3,(H3,30,31)(H,32,34). The number of amidine groups is 1. The van der Waals surface area contributed by atoms with Crippen LogP contribution in [-0.2, 0) is 0 Å². The molecule has 34 heavy (non-hydrogen) atoms. The van der Waals surface area contributed by atoms with Crippen LogP contribution in [0, 0.1) is 12.3 Å². The summed E-state index contributed by atoms with van der Waals surface area (Å²) in [5, 5.41) is 8.91. The number of nitrogens with two attached hydrogens (primary N) is 1. The molecule has 1 fully saturated rings. The molecule has 1 aliphatic rings. The molecule has 0 bridgehead atoms. The predicted molar refractivity (Wildman–Crippen MR) is 143 cm³/mol. The fourth-order valence-corrected chi connectivity index (χ4v) is 5.75. The van der Waals surface area contributed by atoms with Crippen LogP contribution in [0.25, 0.3) is 22.0 Å². The number of rotatable bonds is 7. The number of aromatic nitrogens is 1. The molecule has 0 amide bonds. The lowest BCUT2D eigenvalue weighted by molar-refractivity contribution is 0.0495. The molecule has 3 unspecified atom stereocenters. The van der Waals surface area contributed by atoms with E-state index in [9.17, 15) is 4.79 Å². The topological polar surface area (TPSA) is 86.0 Å². The number of nitrogens with one attached hydrogen (secondary N) is 2. The molecule has 0 radical (unpaired) electrons. The van der Waals surface area contributed by atoms with Gasteiger partial charge in [0.2, 0.25) is 0 Å². The zero-order valence-corrected chi connectivity index (χ0v) is 20.9. The molecular formula is C29H38N4O. The Bertz CT molecular complexity index is 1230. The second-order valence-corrected chi connectivity index (χ2v) is 10.1. The van der Waals surface area contributed by atoms with Crippen LogP contribution in [0.15, 0.2) is 47.3 Å². The van der Waals surface area contributed by atoms with Crippen molar-refractivity contribution in [1.82, 2.24) is 9.88 Å². The molecule has 2 heterocycles. The molecule has 180 valence electrons. The Morgan fingerprint density at radius 2 is 1.91 bits per heavy atom. The fraction of sp³-hybridized carbons (Fsp3) is 0.448. The van der Waals surface area contributed by atoms with Gasteiger partial charge in [0.1, 0.15) is 5.84 Å².